The SMILES string of the molecule is Cc1cn2nc([C@@H]3CCCCN3C(=O)C3CC(C)N(C)N3)cc2nc1N1CC[C@H](N)C1. The first-order valence-corrected chi connectivity index (χ1v) is 11.6. The van der Waals surface area contributed by atoms with E-state index in [1.165, 1.54) is 0 Å². The molecular formula is C22H34N8O. The minimum absolute atomic E-state index is 0.00919. The van der Waals surface area contributed by atoms with Gasteiger partial charge < -0.3 is 15.5 Å². The summed E-state index contributed by atoms with van der Waals surface area (Å²) >= 11 is 0. The minimum Gasteiger partial charge on any atom is -0.355 e. The van der Waals surface area contributed by atoms with Gasteiger partial charge in [-0.2, -0.15) is 5.10 Å². The lowest BCUT2D eigenvalue weighted by molar-refractivity contribution is -0.137. The molecular weight excluding hydrogens is 392 g/mol. The highest BCUT2D eigenvalue weighted by molar-refractivity contribution is 5.82. The fourth-order valence-corrected chi connectivity index (χ4v) is 5.27. The summed E-state index contributed by atoms with van der Waals surface area (Å²) in [6, 6.07) is 2.49. The highest BCUT2D eigenvalue weighted by atomic mass is 16.2. The molecule has 0 radical (unpaired) electrons. The molecule has 0 bridgehead atoms. The van der Waals surface area contributed by atoms with Crippen LogP contribution in [0.1, 0.15) is 56.3 Å². The summed E-state index contributed by atoms with van der Waals surface area (Å²) in [5.41, 5.74) is 12.3. The van der Waals surface area contributed by atoms with Crippen molar-refractivity contribution >= 4 is 17.4 Å². The van der Waals surface area contributed by atoms with Crippen LogP contribution in [0.5, 0.6) is 0 Å². The van der Waals surface area contributed by atoms with Gasteiger partial charge in [-0.15, -0.1) is 0 Å². The van der Waals surface area contributed by atoms with Gasteiger partial charge in [-0.05, 0) is 46.0 Å². The van der Waals surface area contributed by atoms with Gasteiger partial charge in [0.05, 0.1) is 11.7 Å². The van der Waals surface area contributed by atoms with Crippen molar-refractivity contribution in [2.45, 2.75) is 70.1 Å². The summed E-state index contributed by atoms with van der Waals surface area (Å²) in [6.07, 6.45) is 6.99. The smallest absolute Gasteiger partial charge is 0.241 e. The summed E-state index contributed by atoms with van der Waals surface area (Å²) in [5, 5.41) is 6.90. The quantitative estimate of drug-likeness (QED) is 0.762. The third-order valence-corrected chi connectivity index (χ3v) is 7.17. The van der Waals surface area contributed by atoms with Crippen LogP contribution in [0.2, 0.25) is 0 Å². The van der Waals surface area contributed by atoms with Crippen molar-refractivity contribution in [1.82, 2.24) is 29.9 Å². The molecule has 31 heavy (non-hydrogen) atoms. The number of carbonyl (C=O) groups excluding carboxylic acids is 1. The van der Waals surface area contributed by atoms with Crippen LogP contribution >= 0.6 is 0 Å². The lowest BCUT2D eigenvalue weighted by Gasteiger charge is -2.36. The van der Waals surface area contributed by atoms with Crippen LogP contribution in [-0.2, 0) is 4.79 Å². The molecule has 9 heteroatoms. The number of hydrogen-bond acceptors (Lipinski definition) is 7. The predicted molar refractivity (Wildman–Crippen MR) is 120 cm³/mol. The number of nitrogens with two attached hydrogens (primary N) is 1. The van der Waals surface area contributed by atoms with Gasteiger partial charge in [-0.25, -0.2) is 19.9 Å². The van der Waals surface area contributed by atoms with Crippen LogP contribution in [0, 0.1) is 6.92 Å². The fraction of sp³-hybridized carbons (Fsp3) is 0.682. The molecule has 2 unspecified atom stereocenters. The van der Waals surface area contributed by atoms with Crippen LogP contribution < -0.4 is 16.1 Å². The summed E-state index contributed by atoms with van der Waals surface area (Å²) < 4.78 is 1.87. The Morgan fingerprint density at radius 3 is 2.81 bits per heavy atom. The van der Waals surface area contributed by atoms with Crippen molar-refractivity contribution < 1.29 is 4.79 Å². The Hall–Kier alpha value is -2.23. The molecule has 4 atom stereocenters. The van der Waals surface area contributed by atoms with Gasteiger partial charge in [0, 0.05) is 56.6 Å². The molecule has 0 saturated carbocycles. The number of fused-ring (bicyclic) bond motifs is 1. The topological polar surface area (TPSA) is 95.0 Å². The maximum Gasteiger partial charge on any atom is 0.241 e. The second-order valence-corrected chi connectivity index (χ2v) is 9.53. The Labute approximate surface area is 183 Å². The molecule has 0 aliphatic carbocycles. The van der Waals surface area contributed by atoms with E-state index >= 15 is 0 Å². The largest absolute Gasteiger partial charge is 0.355 e. The Balaban J connectivity index is 1.42. The zero-order valence-electron chi connectivity index (χ0n) is 18.8. The van der Waals surface area contributed by atoms with Gasteiger partial charge in [0.15, 0.2) is 5.65 Å². The van der Waals surface area contributed by atoms with Crippen LogP contribution in [0.15, 0.2) is 12.3 Å². The predicted octanol–water partition coefficient (Wildman–Crippen LogP) is 1.23. The van der Waals surface area contributed by atoms with E-state index in [9.17, 15) is 4.79 Å². The monoisotopic (exact) mass is 426 g/mol. The van der Waals surface area contributed by atoms with Gasteiger partial charge in [0.2, 0.25) is 5.91 Å². The molecule has 5 heterocycles. The molecule has 1 amide bonds. The molecule has 3 aliphatic rings. The second-order valence-electron chi connectivity index (χ2n) is 9.53. The zero-order chi connectivity index (χ0) is 21.7. The first kappa shape index (κ1) is 20.7. The third-order valence-electron chi connectivity index (χ3n) is 7.17. The van der Waals surface area contributed by atoms with Crippen molar-refractivity contribution in [3.63, 3.8) is 0 Å². The molecule has 0 aromatic carbocycles. The Morgan fingerprint density at radius 2 is 2.10 bits per heavy atom. The average molecular weight is 427 g/mol. The number of carbonyl (C=O) groups is 1. The van der Waals surface area contributed by atoms with Crippen molar-refractivity contribution in [3.8, 4) is 0 Å². The van der Waals surface area contributed by atoms with Gasteiger partial charge in [0.1, 0.15) is 11.9 Å². The molecule has 9 nitrogen and oxygen atoms in total. The molecule has 0 spiro atoms. The molecule has 3 aliphatic heterocycles. The van der Waals surface area contributed by atoms with Crippen LogP contribution in [-0.4, -0.2) is 75.2 Å². The van der Waals surface area contributed by atoms with Gasteiger partial charge >= 0.3 is 0 Å². The number of hydrogen-bond donors (Lipinski definition) is 2. The van der Waals surface area contributed by atoms with Gasteiger partial charge in [-0.3, -0.25) is 4.79 Å². The number of hydrazine groups is 1. The summed E-state index contributed by atoms with van der Waals surface area (Å²) in [7, 11) is 2.01. The van der Waals surface area contributed by atoms with E-state index in [0.29, 0.717) is 6.04 Å². The highest BCUT2D eigenvalue weighted by Gasteiger charge is 2.38. The van der Waals surface area contributed by atoms with Crippen LogP contribution in [0.25, 0.3) is 5.65 Å². The number of aryl methyl sites for hydroxylation is 1. The first-order valence-electron chi connectivity index (χ1n) is 11.6. The standard InChI is InChI=1S/C22H34N8O/c1-14-12-30-20(24-21(14)28-9-7-16(23)13-28)11-17(26-30)19-6-4-5-8-29(19)22(31)18-10-15(2)27(3)25-18/h11-12,15-16,18-19,25H,4-10,13,23H2,1-3H3/t15?,16-,18?,19-/m0/s1. The van der Waals surface area contributed by atoms with E-state index < -0.39 is 0 Å². The van der Waals surface area contributed by atoms with Crippen LogP contribution in [0.4, 0.5) is 5.82 Å². The number of anilines is 1. The van der Waals surface area contributed by atoms with E-state index in [2.05, 4.69) is 36.4 Å². The average Bonchev–Trinajstić information content (AvgIpc) is 3.45. The summed E-state index contributed by atoms with van der Waals surface area (Å²) in [6.45, 7) is 6.80. The van der Waals surface area contributed by atoms with Crippen molar-refractivity contribution in [3.05, 3.63) is 23.5 Å². The second kappa shape index (κ2) is 8.03. The van der Waals surface area contributed by atoms with E-state index in [1.807, 2.05) is 21.5 Å². The van der Waals surface area contributed by atoms with Crippen molar-refractivity contribution in [2.24, 2.45) is 5.73 Å². The number of likely N-dealkylation sites (tertiary alicyclic amines) is 1. The fourth-order valence-electron chi connectivity index (χ4n) is 5.27. The van der Waals surface area contributed by atoms with Gasteiger partial charge in [-0.1, -0.05) is 0 Å². The Kier molecular flexibility index (Phi) is 5.35. The number of aromatic nitrogens is 3. The number of nitrogens with one attached hydrogen (secondary N) is 1. The summed E-state index contributed by atoms with van der Waals surface area (Å²) in [5.74, 6) is 1.18. The van der Waals surface area contributed by atoms with E-state index in [4.69, 9.17) is 15.8 Å². The zero-order valence-corrected chi connectivity index (χ0v) is 18.8. The number of rotatable bonds is 3. The normalized spacial score (nSPS) is 29.9. The molecule has 5 rings (SSSR count). The molecule has 3 fully saturated rings. The molecule has 2 aromatic rings. The minimum atomic E-state index is -0.149. The van der Waals surface area contributed by atoms with Crippen LogP contribution in [0.3, 0.4) is 0 Å². The number of nitrogens with zero attached hydrogens (tertiary/aromatic N) is 6. The Bertz CT molecular complexity index is 964. The Morgan fingerprint density at radius 1 is 1.26 bits per heavy atom. The molecule has 2 aromatic heterocycles. The molecule has 168 valence electrons. The number of piperidine rings is 1. The van der Waals surface area contributed by atoms with Gasteiger partial charge in [0.25, 0.3) is 0 Å². The highest BCUT2D eigenvalue weighted by Crippen LogP contribution is 2.33. The third kappa shape index (κ3) is 3.79. The van der Waals surface area contributed by atoms with Crippen molar-refractivity contribution in [2.75, 3.05) is 31.6 Å². The van der Waals surface area contributed by atoms with E-state index in [1.54, 1.807) is 0 Å². The van der Waals surface area contributed by atoms with E-state index in [-0.39, 0.29) is 24.0 Å². The maximum atomic E-state index is 13.4. The molecule has 3 saturated heterocycles. The lowest BCUT2D eigenvalue weighted by Crippen LogP contribution is -2.49. The maximum absolute atomic E-state index is 13.4. The first-order chi connectivity index (χ1) is 14.9. The lowest BCUT2D eigenvalue weighted by atomic mass is 9.97. The molecule has 3 N–H and O–H groups in total. The van der Waals surface area contributed by atoms with E-state index in [0.717, 1.165) is 74.5 Å². The number of amides is 1. The van der Waals surface area contributed by atoms with Crippen molar-refractivity contribution in [1.29, 1.82) is 0 Å². The summed E-state index contributed by atoms with van der Waals surface area (Å²) in [4.78, 5) is 22.6.